The van der Waals surface area contributed by atoms with Crippen LogP contribution in [0.4, 0.5) is 0 Å². The maximum atomic E-state index is 13.6. The summed E-state index contributed by atoms with van der Waals surface area (Å²) in [5.41, 5.74) is 2.39. The Bertz CT molecular complexity index is 1060. The van der Waals surface area contributed by atoms with Gasteiger partial charge in [0.05, 0.1) is 13.5 Å². The van der Waals surface area contributed by atoms with Crippen molar-refractivity contribution in [3.63, 3.8) is 0 Å². The molecule has 7 heteroatoms. The minimum Gasteiger partial charge on any atom is -0.497 e. The molecule has 0 unspecified atom stereocenters. The van der Waals surface area contributed by atoms with Gasteiger partial charge < -0.3 is 20.1 Å². The maximum Gasteiger partial charge on any atom is 0.247 e. The first kappa shape index (κ1) is 25.3. The van der Waals surface area contributed by atoms with Gasteiger partial charge in [0.25, 0.3) is 0 Å². The molecule has 178 valence electrons. The third-order valence-electron chi connectivity index (χ3n) is 5.41. The van der Waals surface area contributed by atoms with Gasteiger partial charge in [-0.3, -0.25) is 9.59 Å². The summed E-state index contributed by atoms with van der Waals surface area (Å²) in [6.07, 6.45) is 0.561. The number of amides is 2. The van der Waals surface area contributed by atoms with Crippen LogP contribution in [-0.2, 0) is 22.6 Å². The molecule has 0 heterocycles. The first-order valence-corrected chi connectivity index (χ1v) is 11.5. The van der Waals surface area contributed by atoms with Gasteiger partial charge >= 0.3 is 0 Å². The summed E-state index contributed by atoms with van der Waals surface area (Å²) in [7, 11) is 1.60. The Hall–Kier alpha value is -3.35. The average molecular weight is 481 g/mol. The van der Waals surface area contributed by atoms with E-state index in [1.807, 2.05) is 66.7 Å². The largest absolute Gasteiger partial charge is 0.497 e. The molecule has 6 nitrogen and oxygen atoms in total. The molecule has 3 aromatic rings. The van der Waals surface area contributed by atoms with Gasteiger partial charge in [-0.2, -0.15) is 0 Å². The molecule has 0 aromatic heterocycles. The number of aliphatic hydroxyl groups excluding tert-OH is 1. The van der Waals surface area contributed by atoms with Crippen molar-refractivity contribution in [3.05, 3.63) is 101 Å². The van der Waals surface area contributed by atoms with E-state index in [1.54, 1.807) is 24.1 Å². The molecular weight excluding hydrogens is 452 g/mol. The molecule has 0 fully saturated rings. The molecule has 0 spiro atoms. The number of carbonyl (C=O) groups is 2. The standard InChI is InChI=1S/C27H29ClN2O4/c1-34-24-14-10-21(11-15-24)19-30(25(32)18-20-8-12-23(28)13-9-20)26(22-6-3-2-4-7-22)27(33)29-16-5-17-31/h2-4,6-15,26,31H,5,16-19H2,1H3,(H,29,33)/t26-/m1/s1. The quantitative estimate of drug-likeness (QED) is 0.404. The van der Waals surface area contributed by atoms with E-state index in [0.29, 0.717) is 29.3 Å². The molecular formula is C27H29ClN2O4. The van der Waals surface area contributed by atoms with Gasteiger partial charge in [-0.1, -0.05) is 66.2 Å². The van der Waals surface area contributed by atoms with Crippen molar-refractivity contribution in [2.45, 2.75) is 25.4 Å². The van der Waals surface area contributed by atoms with Crippen LogP contribution in [0.15, 0.2) is 78.9 Å². The number of benzene rings is 3. The second kappa shape index (κ2) is 12.8. The van der Waals surface area contributed by atoms with Gasteiger partial charge in [0.2, 0.25) is 11.8 Å². The van der Waals surface area contributed by atoms with Crippen LogP contribution in [0.1, 0.15) is 29.2 Å². The SMILES string of the molecule is COc1ccc(CN(C(=O)Cc2ccc(Cl)cc2)[C@@H](C(=O)NCCCO)c2ccccc2)cc1. The first-order valence-electron chi connectivity index (χ1n) is 11.1. The predicted octanol–water partition coefficient (Wildman–Crippen LogP) is 4.16. The van der Waals surface area contributed by atoms with Crippen molar-refractivity contribution in [2.75, 3.05) is 20.3 Å². The van der Waals surface area contributed by atoms with Gasteiger partial charge in [-0.05, 0) is 47.4 Å². The van der Waals surface area contributed by atoms with E-state index in [4.69, 9.17) is 21.4 Å². The van der Waals surface area contributed by atoms with Crippen LogP contribution in [0.5, 0.6) is 5.75 Å². The van der Waals surface area contributed by atoms with Crippen LogP contribution in [0.2, 0.25) is 5.02 Å². The molecule has 0 aliphatic carbocycles. The molecule has 0 radical (unpaired) electrons. The van der Waals surface area contributed by atoms with Crippen molar-refractivity contribution >= 4 is 23.4 Å². The van der Waals surface area contributed by atoms with Crippen LogP contribution < -0.4 is 10.1 Å². The smallest absolute Gasteiger partial charge is 0.247 e. The molecule has 0 aliphatic rings. The molecule has 2 N–H and O–H groups in total. The number of rotatable bonds is 11. The molecule has 0 saturated carbocycles. The summed E-state index contributed by atoms with van der Waals surface area (Å²) in [6.45, 7) is 0.533. The number of ether oxygens (including phenoxy) is 1. The lowest BCUT2D eigenvalue weighted by atomic mass is 10.0. The maximum absolute atomic E-state index is 13.6. The van der Waals surface area contributed by atoms with Gasteiger partial charge in [0, 0.05) is 24.7 Å². The zero-order chi connectivity index (χ0) is 24.3. The Morgan fingerprint density at radius 3 is 2.24 bits per heavy atom. The number of halogens is 1. The number of aliphatic hydroxyl groups is 1. The zero-order valence-electron chi connectivity index (χ0n) is 19.1. The monoisotopic (exact) mass is 480 g/mol. The van der Waals surface area contributed by atoms with Crippen molar-refractivity contribution in [3.8, 4) is 5.75 Å². The Kier molecular flexibility index (Phi) is 9.50. The van der Waals surface area contributed by atoms with Crippen molar-refractivity contribution in [1.29, 1.82) is 0 Å². The summed E-state index contributed by atoms with van der Waals surface area (Å²) < 4.78 is 5.24. The molecule has 0 bridgehead atoms. The Morgan fingerprint density at radius 2 is 1.62 bits per heavy atom. The van der Waals surface area contributed by atoms with E-state index in [-0.39, 0.29) is 31.4 Å². The van der Waals surface area contributed by atoms with Crippen LogP contribution in [0.3, 0.4) is 0 Å². The molecule has 1 atom stereocenters. The number of hydrogen-bond acceptors (Lipinski definition) is 4. The van der Waals surface area contributed by atoms with Crippen molar-refractivity contribution in [1.82, 2.24) is 10.2 Å². The third-order valence-corrected chi connectivity index (χ3v) is 5.66. The molecule has 34 heavy (non-hydrogen) atoms. The Labute approximate surface area is 205 Å². The van der Waals surface area contributed by atoms with Crippen LogP contribution in [-0.4, -0.2) is 42.1 Å². The fourth-order valence-electron chi connectivity index (χ4n) is 3.63. The van der Waals surface area contributed by atoms with Crippen LogP contribution in [0, 0.1) is 0 Å². The highest BCUT2D eigenvalue weighted by Gasteiger charge is 2.31. The summed E-state index contributed by atoms with van der Waals surface area (Å²) in [4.78, 5) is 28.5. The Balaban J connectivity index is 1.96. The highest BCUT2D eigenvalue weighted by molar-refractivity contribution is 6.30. The van der Waals surface area contributed by atoms with Crippen molar-refractivity contribution in [2.24, 2.45) is 0 Å². The molecule has 3 aromatic carbocycles. The number of nitrogens with one attached hydrogen (secondary N) is 1. The minimum absolute atomic E-state index is 0.0264. The minimum atomic E-state index is -0.832. The van der Waals surface area contributed by atoms with E-state index in [9.17, 15) is 9.59 Å². The van der Waals surface area contributed by atoms with E-state index in [1.165, 1.54) is 0 Å². The van der Waals surface area contributed by atoms with Crippen LogP contribution in [0.25, 0.3) is 0 Å². The van der Waals surface area contributed by atoms with Gasteiger partial charge in [0.1, 0.15) is 11.8 Å². The first-order chi connectivity index (χ1) is 16.5. The normalized spacial score (nSPS) is 11.5. The van der Waals surface area contributed by atoms with E-state index in [2.05, 4.69) is 5.32 Å². The molecule has 0 saturated heterocycles. The van der Waals surface area contributed by atoms with Gasteiger partial charge in [-0.25, -0.2) is 0 Å². The number of carbonyl (C=O) groups excluding carboxylic acids is 2. The molecule has 0 aliphatic heterocycles. The second-order valence-corrected chi connectivity index (χ2v) is 8.29. The molecule has 3 rings (SSSR count). The summed E-state index contributed by atoms with van der Waals surface area (Å²) >= 11 is 6.00. The lowest BCUT2D eigenvalue weighted by Gasteiger charge is -2.32. The zero-order valence-corrected chi connectivity index (χ0v) is 19.9. The average Bonchev–Trinajstić information content (AvgIpc) is 2.86. The lowest BCUT2D eigenvalue weighted by molar-refractivity contribution is -0.141. The second-order valence-electron chi connectivity index (χ2n) is 7.85. The fraction of sp³-hybridized carbons (Fsp3) is 0.259. The van der Waals surface area contributed by atoms with E-state index < -0.39 is 6.04 Å². The molecule has 2 amide bonds. The topological polar surface area (TPSA) is 78.9 Å². The number of nitrogens with zero attached hydrogens (tertiary/aromatic N) is 1. The lowest BCUT2D eigenvalue weighted by Crippen LogP contribution is -2.44. The predicted molar refractivity (Wildman–Crippen MR) is 133 cm³/mol. The Morgan fingerprint density at radius 1 is 0.971 bits per heavy atom. The van der Waals surface area contributed by atoms with Crippen molar-refractivity contribution < 1.29 is 19.4 Å². The summed E-state index contributed by atoms with van der Waals surface area (Å²) in [6, 6.07) is 22.9. The number of methoxy groups -OCH3 is 1. The van der Waals surface area contributed by atoms with E-state index in [0.717, 1.165) is 11.1 Å². The summed E-state index contributed by atoms with van der Waals surface area (Å²) in [5.74, 6) is 0.228. The van der Waals surface area contributed by atoms with E-state index >= 15 is 0 Å². The van der Waals surface area contributed by atoms with Crippen LogP contribution >= 0.6 is 11.6 Å². The number of hydrogen-bond donors (Lipinski definition) is 2. The highest BCUT2D eigenvalue weighted by atomic mass is 35.5. The highest BCUT2D eigenvalue weighted by Crippen LogP contribution is 2.26. The van der Waals surface area contributed by atoms with Gasteiger partial charge in [0.15, 0.2) is 0 Å². The third kappa shape index (κ3) is 7.07. The fourth-order valence-corrected chi connectivity index (χ4v) is 3.75. The van der Waals surface area contributed by atoms with Gasteiger partial charge in [-0.15, -0.1) is 0 Å². The summed E-state index contributed by atoms with van der Waals surface area (Å²) in [5, 5.41) is 12.6.